The van der Waals surface area contributed by atoms with E-state index in [1.165, 1.54) is 0 Å². The van der Waals surface area contributed by atoms with Crippen LogP contribution in [-0.2, 0) is 4.79 Å². The Balaban J connectivity index is 2.68. The van der Waals surface area contributed by atoms with Crippen molar-refractivity contribution in [2.45, 2.75) is 19.3 Å². The van der Waals surface area contributed by atoms with Gasteiger partial charge in [0.25, 0.3) is 0 Å². The topological polar surface area (TPSA) is 43.1 Å². The second kappa shape index (κ2) is 4.77. The van der Waals surface area contributed by atoms with E-state index in [-0.39, 0.29) is 11.7 Å². The largest absolute Gasteiger partial charge is 0.330 e. The number of ketones is 1. The van der Waals surface area contributed by atoms with E-state index in [2.05, 4.69) is 0 Å². The third-order valence-electron chi connectivity index (χ3n) is 2.17. The quantitative estimate of drug-likeness (QED) is 0.760. The van der Waals surface area contributed by atoms with E-state index >= 15 is 0 Å². The minimum Gasteiger partial charge on any atom is -0.330 e. The molecule has 0 saturated heterocycles. The van der Waals surface area contributed by atoms with Crippen molar-refractivity contribution in [3.63, 3.8) is 0 Å². The molecule has 0 radical (unpaired) electrons. The maximum Gasteiger partial charge on any atom is 0.141 e. The molecule has 1 unspecified atom stereocenters. The Morgan fingerprint density at radius 2 is 2.00 bits per heavy atom. The summed E-state index contributed by atoms with van der Waals surface area (Å²) in [5.41, 5.74) is 6.39. The standard InChI is InChI=1S/C11H15NO/c1-9(11(13)7-8-12)10-5-3-2-4-6-10/h2-6,9H,7-8,12H2,1H3. The van der Waals surface area contributed by atoms with Crippen LogP contribution in [0.2, 0.25) is 0 Å². The molecule has 13 heavy (non-hydrogen) atoms. The van der Waals surface area contributed by atoms with Crippen molar-refractivity contribution in [1.29, 1.82) is 0 Å². The van der Waals surface area contributed by atoms with E-state index in [1.54, 1.807) is 0 Å². The van der Waals surface area contributed by atoms with Gasteiger partial charge in [0.2, 0.25) is 0 Å². The van der Waals surface area contributed by atoms with Crippen LogP contribution in [0.25, 0.3) is 0 Å². The molecular weight excluding hydrogens is 162 g/mol. The SMILES string of the molecule is CC(C(=O)CCN)c1ccccc1. The molecule has 0 aliphatic rings. The van der Waals surface area contributed by atoms with Gasteiger partial charge >= 0.3 is 0 Å². The van der Waals surface area contributed by atoms with Gasteiger partial charge in [0.15, 0.2) is 0 Å². The summed E-state index contributed by atoms with van der Waals surface area (Å²) in [6, 6.07) is 9.78. The zero-order valence-corrected chi connectivity index (χ0v) is 7.86. The van der Waals surface area contributed by atoms with Gasteiger partial charge in [-0.15, -0.1) is 0 Å². The smallest absolute Gasteiger partial charge is 0.141 e. The summed E-state index contributed by atoms with van der Waals surface area (Å²) < 4.78 is 0. The van der Waals surface area contributed by atoms with Crippen molar-refractivity contribution in [1.82, 2.24) is 0 Å². The van der Waals surface area contributed by atoms with E-state index in [4.69, 9.17) is 5.73 Å². The number of carbonyl (C=O) groups is 1. The van der Waals surface area contributed by atoms with Crippen LogP contribution in [0.15, 0.2) is 30.3 Å². The molecule has 0 saturated carbocycles. The monoisotopic (exact) mass is 177 g/mol. The van der Waals surface area contributed by atoms with Crippen LogP contribution in [0.5, 0.6) is 0 Å². The average Bonchev–Trinajstić information content (AvgIpc) is 2.18. The molecule has 1 rings (SSSR count). The summed E-state index contributed by atoms with van der Waals surface area (Å²) in [7, 11) is 0. The fourth-order valence-electron chi connectivity index (χ4n) is 1.29. The highest BCUT2D eigenvalue weighted by Gasteiger charge is 2.12. The minimum absolute atomic E-state index is 0.0234. The van der Waals surface area contributed by atoms with Gasteiger partial charge in [0.05, 0.1) is 0 Å². The minimum atomic E-state index is -0.0234. The van der Waals surface area contributed by atoms with Crippen LogP contribution >= 0.6 is 0 Å². The molecule has 0 aliphatic heterocycles. The first-order valence-corrected chi connectivity index (χ1v) is 4.53. The van der Waals surface area contributed by atoms with Crippen molar-refractivity contribution >= 4 is 5.78 Å². The predicted molar refractivity (Wildman–Crippen MR) is 53.5 cm³/mol. The highest BCUT2D eigenvalue weighted by Crippen LogP contribution is 2.16. The molecule has 0 heterocycles. The molecule has 0 aromatic heterocycles. The van der Waals surface area contributed by atoms with Crippen LogP contribution in [0.3, 0.4) is 0 Å². The number of Topliss-reactive ketones (excluding diaryl/α,β-unsaturated/α-hetero) is 1. The summed E-state index contributed by atoms with van der Waals surface area (Å²) in [4.78, 5) is 11.5. The maximum atomic E-state index is 11.5. The van der Waals surface area contributed by atoms with Gasteiger partial charge < -0.3 is 5.73 Å². The number of rotatable bonds is 4. The van der Waals surface area contributed by atoms with Gasteiger partial charge in [-0.3, -0.25) is 4.79 Å². The fraction of sp³-hybridized carbons (Fsp3) is 0.364. The molecule has 0 bridgehead atoms. The van der Waals surface area contributed by atoms with Crippen LogP contribution in [0.1, 0.15) is 24.8 Å². The van der Waals surface area contributed by atoms with E-state index in [0.29, 0.717) is 13.0 Å². The van der Waals surface area contributed by atoms with E-state index in [0.717, 1.165) is 5.56 Å². The zero-order valence-electron chi connectivity index (χ0n) is 7.86. The lowest BCUT2D eigenvalue weighted by molar-refractivity contribution is -0.119. The lowest BCUT2D eigenvalue weighted by Crippen LogP contribution is -2.14. The molecule has 70 valence electrons. The molecule has 0 aliphatic carbocycles. The maximum absolute atomic E-state index is 11.5. The first kappa shape index (κ1) is 9.93. The highest BCUT2D eigenvalue weighted by atomic mass is 16.1. The first-order chi connectivity index (χ1) is 6.25. The van der Waals surface area contributed by atoms with Gasteiger partial charge in [-0.2, -0.15) is 0 Å². The third kappa shape index (κ3) is 2.67. The normalized spacial score (nSPS) is 12.5. The first-order valence-electron chi connectivity index (χ1n) is 4.53. The molecule has 2 heteroatoms. The van der Waals surface area contributed by atoms with E-state index in [9.17, 15) is 4.79 Å². The van der Waals surface area contributed by atoms with Gasteiger partial charge in [0, 0.05) is 12.3 Å². The van der Waals surface area contributed by atoms with E-state index in [1.807, 2.05) is 37.3 Å². The van der Waals surface area contributed by atoms with E-state index < -0.39 is 0 Å². The van der Waals surface area contributed by atoms with Crippen molar-refractivity contribution in [2.75, 3.05) is 6.54 Å². The molecule has 0 spiro atoms. The van der Waals surface area contributed by atoms with Crippen molar-refractivity contribution in [2.24, 2.45) is 5.73 Å². The predicted octanol–water partition coefficient (Wildman–Crippen LogP) is 1.71. The molecule has 2 nitrogen and oxygen atoms in total. The van der Waals surface area contributed by atoms with Gasteiger partial charge in [-0.25, -0.2) is 0 Å². The molecule has 1 aromatic rings. The summed E-state index contributed by atoms with van der Waals surface area (Å²) in [6.45, 7) is 2.36. The Morgan fingerprint density at radius 1 is 1.38 bits per heavy atom. The molecular formula is C11H15NO. The Hall–Kier alpha value is -1.15. The molecule has 1 aromatic carbocycles. The number of hydrogen-bond acceptors (Lipinski definition) is 2. The Bertz CT molecular complexity index is 269. The van der Waals surface area contributed by atoms with Crippen molar-refractivity contribution < 1.29 is 4.79 Å². The van der Waals surface area contributed by atoms with Crippen molar-refractivity contribution in [3.8, 4) is 0 Å². The number of nitrogens with two attached hydrogens (primary N) is 1. The Labute approximate surface area is 78.8 Å². The van der Waals surface area contributed by atoms with Gasteiger partial charge in [-0.1, -0.05) is 37.3 Å². The van der Waals surface area contributed by atoms with Crippen LogP contribution < -0.4 is 5.73 Å². The average molecular weight is 177 g/mol. The van der Waals surface area contributed by atoms with Crippen LogP contribution in [0, 0.1) is 0 Å². The molecule has 0 amide bonds. The molecule has 0 fully saturated rings. The van der Waals surface area contributed by atoms with Gasteiger partial charge in [0.1, 0.15) is 5.78 Å². The summed E-state index contributed by atoms with van der Waals surface area (Å²) in [5.74, 6) is 0.193. The second-order valence-electron chi connectivity index (χ2n) is 3.14. The highest BCUT2D eigenvalue weighted by molar-refractivity contribution is 5.85. The van der Waals surface area contributed by atoms with Crippen LogP contribution in [0.4, 0.5) is 0 Å². The molecule has 2 N–H and O–H groups in total. The number of carbonyl (C=O) groups excluding carboxylic acids is 1. The third-order valence-corrected chi connectivity index (χ3v) is 2.17. The molecule has 1 atom stereocenters. The summed E-state index contributed by atoms with van der Waals surface area (Å²) >= 11 is 0. The number of benzene rings is 1. The van der Waals surface area contributed by atoms with Crippen LogP contribution in [-0.4, -0.2) is 12.3 Å². The summed E-state index contributed by atoms with van der Waals surface area (Å²) in [5, 5.41) is 0. The second-order valence-corrected chi connectivity index (χ2v) is 3.14. The Kier molecular flexibility index (Phi) is 3.65. The lowest BCUT2D eigenvalue weighted by atomic mass is 9.95. The summed E-state index contributed by atoms with van der Waals surface area (Å²) in [6.07, 6.45) is 0.468. The van der Waals surface area contributed by atoms with Gasteiger partial charge in [-0.05, 0) is 12.1 Å². The lowest BCUT2D eigenvalue weighted by Gasteiger charge is -2.09. The number of hydrogen-bond donors (Lipinski definition) is 1. The Morgan fingerprint density at radius 3 is 2.54 bits per heavy atom. The zero-order chi connectivity index (χ0) is 9.68. The van der Waals surface area contributed by atoms with Crippen molar-refractivity contribution in [3.05, 3.63) is 35.9 Å². The fourth-order valence-corrected chi connectivity index (χ4v) is 1.29.